The van der Waals surface area contributed by atoms with E-state index in [0.717, 1.165) is 17.0 Å². The number of rotatable bonds is 5. The Hall–Kier alpha value is -2.67. The van der Waals surface area contributed by atoms with Crippen molar-refractivity contribution in [3.8, 4) is 17.6 Å². The molecular formula is C16H16N2O2. The van der Waals surface area contributed by atoms with Gasteiger partial charge in [-0.1, -0.05) is 18.2 Å². The second-order valence-electron chi connectivity index (χ2n) is 4.20. The van der Waals surface area contributed by atoms with Gasteiger partial charge in [-0.15, -0.1) is 0 Å². The minimum atomic E-state index is 0.536. The van der Waals surface area contributed by atoms with Crippen LogP contribution in [0.2, 0.25) is 0 Å². The molecule has 0 aliphatic rings. The fraction of sp³-hybridized carbons (Fsp3) is 0.188. The monoisotopic (exact) mass is 268 g/mol. The van der Waals surface area contributed by atoms with Gasteiger partial charge >= 0.3 is 0 Å². The van der Waals surface area contributed by atoms with Gasteiger partial charge in [0.05, 0.1) is 25.5 Å². The average molecular weight is 268 g/mol. The van der Waals surface area contributed by atoms with E-state index in [1.165, 1.54) is 0 Å². The van der Waals surface area contributed by atoms with E-state index >= 15 is 0 Å². The maximum Gasteiger partial charge on any atom is 0.141 e. The Morgan fingerprint density at radius 3 is 2.50 bits per heavy atom. The molecule has 0 fully saturated rings. The topological polar surface area (TPSA) is 54.3 Å². The zero-order valence-electron chi connectivity index (χ0n) is 11.5. The van der Waals surface area contributed by atoms with Gasteiger partial charge in [0, 0.05) is 6.54 Å². The first-order chi connectivity index (χ1) is 9.78. The van der Waals surface area contributed by atoms with E-state index < -0.39 is 0 Å². The Bertz CT molecular complexity index is 633. The van der Waals surface area contributed by atoms with Crippen molar-refractivity contribution in [2.75, 3.05) is 19.5 Å². The molecule has 0 amide bonds. The largest absolute Gasteiger partial charge is 0.495 e. The number of ether oxygens (including phenoxy) is 2. The number of benzene rings is 2. The third-order valence-corrected chi connectivity index (χ3v) is 2.98. The van der Waals surface area contributed by atoms with E-state index in [0.29, 0.717) is 17.9 Å². The van der Waals surface area contributed by atoms with Crippen LogP contribution < -0.4 is 14.8 Å². The van der Waals surface area contributed by atoms with Crippen molar-refractivity contribution in [2.45, 2.75) is 6.54 Å². The Labute approximate surface area is 118 Å². The summed E-state index contributed by atoms with van der Waals surface area (Å²) < 4.78 is 10.5. The van der Waals surface area contributed by atoms with Crippen molar-refractivity contribution in [2.24, 2.45) is 0 Å². The normalized spacial score (nSPS) is 9.65. The summed E-state index contributed by atoms with van der Waals surface area (Å²) in [5.41, 5.74) is 2.50. The lowest BCUT2D eigenvalue weighted by Crippen LogP contribution is -2.02. The molecule has 1 N–H and O–H groups in total. The SMILES string of the molecule is COc1cc(CNc2ccccc2OC)ccc1C#N. The van der Waals surface area contributed by atoms with E-state index in [1.807, 2.05) is 36.4 Å². The molecule has 4 nitrogen and oxygen atoms in total. The number of nitrogens with one attached hydrogen (secondary N) is 1. The summed E-state index contributed by atoms with van der Waals surface area (Å²) in [7, 11) is 3.21. The van der Waals surface area contributed by atoms with Crippen LogP contribution in [0.4, 0.5) is 5.69 Å². The average Bonchev–Trinajstić information content (AvgIpc) is 2.52. The predicted octanol–water partition coefficient (Wildman–Crippen LogP) is 3.19. The van der Waals surface area contributed by atoms with E-state index in [2.05, 4.69) is 11.4 Å². The summed E-state index contributed by atoms with van der Waals surface area (Å²) in [6.45, 7) is 0.627. The van der Waals surface area contributed by atoms with Crippen LogP contribution in [0.1, 0.15) is 11.1 Å². The molecule has 20 heavy (non-hydrogen) atoms. The smallest absolute Gasteiger partial charge is 0.141 e. The van der Waals surface area contributed by atoms with Crippen LogP contribution in [0.15, 0.2) is 42.5 Å². The molecule has 0 radical (unpaired) electrons. The Morgan fingerprint density at radius 2 is 1.80 bits per heavy atom. The first-order valence-corrected chi connectivity index (χ1v) is 6.22. The molecule has 0 spiro atoms. The lowest BCUT2D eigenvalue weighted by molar-refractivity contribution is 0.413. The highest BCUT2D eigenvalue weighted by Gasteiger charge is 2.05. The summed E-state index contributed by atoms with van der Waals surface area (Å²) in [6.07, 6.45) is 0. The standard InChI is InChI=1S/C16H16N2O2/c1-19-15-6-4-3-5-14(15)18-11-12-7-8-13(10-17)16(9-12)20-2/h3-9,18H,11H2,1-2H3. The first-order valence-electron chi connectivity index (χ1n) is 6.22. The minimum Gasteiger partial charge on any atom is -0.495 e. The first kappa shape index (κ1) is 13.8. The molecule has 0 saturated heterocycles. The summed E-state index contributed by atoms with van der Waals surface area (Å²) >= 11 is 0. The van der Waals surface area contributed by atoms with Gasteiger partial charge in [-0.2, -0.15) is 5.26 Å². The van der Waals surface area contributed by atoms with E-state index in [4.69, 9.17) is 14.7 Å². The van der Waals surface area contributed by atoms with Gasteiger partial charge in [0.25, 0.3) is 0 Å². The molecule has 0 unspecified atom stereocenters. The van der Waals surface area contributed by atoms with Crippen molar-refractivity contribution in [3.63, 3.8) is 0 Å². The van der Waals surface area contributed by atoms with Crippen LogP contribution in [0, 0.1) is 11.3 Å². The molecule has 0 saturated carbocycles. The molecular weight excluding hydrogens is 252 g/mol. The number of methoxy groups -OCH3 is 2. The molecule has 0 heterocycles. The van der Waals surface area contributed by atoms with Crippen molar-refractivity contribution in [1.82, 2.24) is 0 Å². The van der Waals surface area contributed by atoms with Crippen molar-refractivity contribution in [3.05, 3.63) is 53.6 Å². The van der Waals surface area contributed by atoms with E-state index in [1.54, 1.807) is 20.3 Å². The molecule has 0 aromatic heterocycles. The molecule has 0 aliphatic heterocycles. The van der Waals surface area contributed by atoms with Crippen LogP contribution in [-0.2, 0) is 6.54 Å². The Kier molecular flexibility index (Phi) is 4.46. The summed E-state index contributed by atoms with van der Waals surface area (Å²) in [6, 6.07) is 15.4. The molecule has 2 rings (SSSR count). The van der Waals surface area contributed by atoms with Gasteiger partial charge in [0.2, 0.25) is 0 Å². The molecule has 0 atom stereocenters. The zero-order chi connectivity index (χ0) is 14.4. The molecule has 2 aromatic carbocycles. The van der Waals surface area contributed by atoms with Crippen LogP contribution >= 0.6 is 0 Å². The molecule has 4 heteroatoms. The molecule has 0 bridgehead atoms. The van der Waals surface area contributed by atoms with E-state index in [-0.39, 0.29) is 0 Å². The van der Waals surface area contributed by atoms with Crippen molar-refractivity contribution < 1.29 is 9.47 Å². The Balaban J connectivity index is 2.13. The zero-order valence-corrected chi connectivity index (χ0v) is 11.5. The lowest BCUT2D eigenvalue weighted by Gasteiger charge is -2.11. The van der Waals surface area contributed by atoms with Crippen LogP contribution in [0.5, 0.6) is 11.5 Å². The maximum absolute atomic E-state index is 8.95. The van der Waals surface area contributed by atoms with E-state index in [9.17, 15) is 0 Å². The van der Waals surface area contributed by atoms with Gasteiger partial charge in [-0.3, -0.25) is 0 Å². The van der Waals surface area contributed by atoms with Crippen molar-refractivity contribution in [1.29, 1.82) is 5.26 Å². The molecule has 102 valence electrons. The second-order valence-corrected chi connectivity index (χ2v) is 4.20. The minimum absolute atomic E-state index is 0.536. The molecule has 2 aromatic rings. The number of anilines is 1. The summed E-state index contributed by atoms with van der Waals surface area (Å²) in [4.78, 5) is 0. The number of nitrogens with zero attached hydrogens (tertiary/aromatic N) is 1. The maximum atomic E-state index is 8.95. The number of para-hydroxylation sites is 2. The lowest BCUT2D eigenvalue weighted by atomic mass is 10.1. The summed E-state index contributed by atoms with van der Waals surface area (Å²) in [5.74, 6) is 1.39. The fourth-order valence-corrected chi connectivity index (χ4v) is 1.93. The third-order valence-electron chi connectivity index (χ3n) is 2.98. The number of nitriles is 1. The second kappa shape index (κ2) is 6.48. The highest BCUT2D eigenvalue weighted by molar-refractivity contribution is 5.56. The van der Waals surface area contributed by atoms with Gasteiger partial charge in [0.1, 0.15) is 17.6 Å². The summed E-state index contributed by atoms with van der Waals surface area (Å²) in [5, 5.41) is 12.3. The van der Waals surface area contributed by atoms with Gasteiger partial charge in [0.15, 0.2) is 0 Å². The third kappa shape index (κ3) is 3.01. The van der Waals surface area contributed by atoms with Crippen LogP contribution in [0.3, 0.4) is 0 Å². The number of hydrogen-bond donors (Lipinski definition) is 1. The van der Waals surface area contributed by atoms with Crippen LogP contribution in [-0.4, -0.2) is 14.2 Å². The quantitative estimate of drug-likeness (QED) is 0.904. The number of hydrogen-bond acceptors (Lipinski definition) is 4. The Morgan fingerprint density at radius 1 is 1.05 bits per heavy atom. The van der Waals surface area contributed by atoms with Gasteiger partial charge < -0.3 is 14.8 Å². The van der Waals surface area contributed by atoms with Crippen molar-refractivity contribution >= 4 is 5.69 Å². The molecule has 0 aliphatic carbocycles. The predicted molar refractivity (Wildman–Crippen MR) is 78.0 cm³/mol. The highest BCUT2D eigenvalue weighted by Crippen LogP contribution is 2.25. The fourth-order valence-electron chi connectivity index (χ4n) is 1.93. The van der Waals surface area contributed by atoms with Crippen LogP contribution in [0.25, 0.3) is 0 Å². The highest BCUT2D eigenvalue weighted by atomic mass is 16.5. The van der Waals surface area contributed by atoms with Gasteiger partial charge in [-0.25, -0.2) is 0 Å². The van der Waals surface area contributed by atoms with Gasteiger partial charge in [-0.05, 0) is 29.8 Å².